The molecule has 3 atom stereocenters. The molecule has 10 nitrogen and oxygen atoms in total. The van der Waals surface area contributed by atoms with Crippen molar-refractivity contribution >= 4 is 11.9 Å². The zero-order chi connectivity index (χ0) is 37.9. The minimum absolute atomic E-state index is 0.00224. The molecular formula is C44H52N2O8. The van der Waals surface area contributed by atoms with Gasteiger partial charge >= 0.3 is 5.97 Å². The predicted octanol–water partition coefficient (Wildman–Crippen LogP) is 7.51. The number of rotatable bonds is 17. The number of carboxylic acid groups (broad SMARTS) is 1. The molecule has 0 radical (unpaired) electrons. The Morgan fingerprint density at radius 1 is 0.796 bits per heavy atom. The van der Waals surface area contributed by atoms with Crippen LogP contribution < -0.4 is 14.8 Å². The van der Waals surface area contributed by atoms with Crippen molar-refractivity contribution in [3.63, 3.8) is 0 Å². The lowest BCUT2D eigenvalue weighted by Gasteiger charge is -2.39. The highest BCUT2D eigenvalue weighted by Crippen LogP contribution is 2.40. The third-order valence-corrected chi connectivity index (χ3v) is 10.4. The molecule has 0 aromatic heterocycles. The number of carbonyl (C=O) groups is 2. The Hall–Kier alpha value is -4.74. The van der Waals surface area contributed by atoms with Gasteiger partial charge in [-0.05, 0) is 76.4 Å². The van der Waals surface area contributed by atoms with Crippen LogP contribution in [0.5, 0.6) is 11.5 Å². The van der Waals surface area contributed by atoms with Crippen LogP contribution in [-0.4, -0.2) is 60.4 Å². The molecule has 2 heterocycles. The number of hydrogen-bond acceptors (Lipinski definition) is 8. The maximum atomic E-state index is 12.4. The number of aliphatic carboxylic acids is 1. The van der Waals surface area contributed by atoms with Crippen molar-refractivity contribution in [1.82, 2.24) is 10.2 Å². The van der Waals surface area contributed by atoms with Gasteiger partial charge in [0.1, 0.15) is 0 Å². The predicted molar refractivity (Wildman–Crippen MR) is 206 cm³/mol. The van der Waals surface area contributed by atoms with E-state index in [1.807, 2.05) is 36.4 Å². The average molecular weight is 737 g/mol. The molecule has 0 spiro atoms. The lowest BCUT2D eigenvalue weighted by molar-refractivity contribution is -0.253. The number of carbonyl (C=O) groups excluding carboxylic acids is 1. The molecule has 2 aliphatic heterocycles. The Bertz CT molecular complexity index is 1840. The van der Waals surface area contributed by atoms with Crippen LogP contribution >= 0.6 is 0 Å². The fourth-order valence-corrected chi connectivity index (χ4v) is 7.32. The Morgan fingerprint density at radius 3 is 2.20 bits per heavy atom. The Balaban J connectivity index is 1.10. The molecule has 3 N–H and O–H groups in total. The van der Waals surface area contributed by atoms with Crippen molar-refractivity contribution in [2.24, 2.45) is 0 Å². The molecule has 0 aliphatic carbocycles. The number of aliphatic hydroxyl groups excluding tert-OH is 1. The Morgan fingerprint density at radius 2 is 1.50 bits per heavy atom. The van der Waals surface area contributed by atoms with E-state index in [0.29, 0.717) is 25.8 Å². The molecule has 54 heavy (non-hydrogen) atoms. The van der Waals surface area contributed by atoms with Crippen LogP contribution in [-0.2, 0) is 45.2 Å². The summed E-state index contributed by atoms with van der Waals surface area (Å²) in [6.45, 7) is 2.91. The first-order valence-corrected chi connectivity index (χ1v) is 19.0. The largest absolute Gasteiger partial charge is 0.493 e. The van der Waals surface area contributed by atoms with E-state index in [0.717, 1.165) is 90.2 Å². The highest BCUT2D eigenvalue weighted by molar-refractivity contribution is 5.76. The van der Waals surface area contributed by atoms with Gasteiger partial charge in [0.15, 0.2) is 17.8 Å². The molecule has 0 saturated carbocycles. The molecule has 1 fully saturated rings. The molecule has 3 unspecified atom stereocenters. The standard InChI is InChI=1S/C44H52N2O8/c1-51-40-23-36-20-21-46(27-37(36)24-41(40)52-2)28-38-25-39(33-14-12-30(29-47)13-15-33)54-44(53-38)34-18-16-32(17-19-34)35-9-7-8-31(22-35)26-45-42(48)10-5-3-4-6-11-43(49)50/h7-9,12-19,22-24,38-39,44,47H,3-6,10-11,20-21,25-29H2,1-2H3,(H,45,48)(H,49,50). The molecule has 6 rings (SSSR count). The van der Waals surface area contributed by atoms with Crippen LogP contribution in [0.25, 0.3) is 11.1 Å². The van der Waals surface area contributed by atoms with Gasteiger partial charge in [0.25, 0.3) is 0 Å². The summed E-state index contributed by atoms with van der Waals surface area (Å²) in [7, 11) is 3.34. The van der Waals surface area contributed by atoms with E-state index in [1.165, 1.54) is 11.1 Å². The first kappa shape index (κ1) is 39.0. The van der Waals surface area contributed by atoms with E-state index in [2.05, 4.69) is 58.7 Å². The summed E-state index contributed by atoms with van der Waals surface area (Å²) < 4.78 is 24.5. The minimum atomic E-state index is -0.775. The van der Waals surface area contributed by atoms with Gasteiger partial charge in [-0.25, -0.2) is 0 Å². The van der Waals surface area contributed by atoms with Gasteiger partial charge in [0.05, 0.1) is 33.0 Å². The van der Waals surface area contributed by atoms with Crippen molar-refractivity contribution in [3.8, 4) is 22.6 Å². The summed E-state index contributed by atoms with van der Waals surface area (Å²) in [6.07, 6.45) is 4.51. The van der Waals surface area contributed by atoms with E-state index in [4.69, 9.17) is 24.1 Å². The average Bonchev–Trinajstić information content (AvgIpc) is 3.20. The Labute approximate surface area is 318 Å². The summed E-state index contributed by atoms with van der Waals surface area (Å²) in [4.78, 5) is 25.5. The molecule has 4 aromatic carbocycles. The monoisotopic (exact) mass is 736 g/mol. The molecule has 2 aliphatic rings. The topological polar surface area (TPSA) is 127 Å². The SMILES string of the molecule is COc1cc2c(cc1OC)CN(CC1CC(c3ccc(CO)cc3)OC(c3ccc(-c4cccc(CNC(=O)CCCCCCC(=O)O)c4)cc3)O1)CC2. The number of unbranched alkanes of at least 4 members (excludes halogenated alkanes) is 3. The maximum Gasteiger partial charge on any atom is 0.303 e. The summed E-state index contributed by atoms with van der Waals surface area (Å²) in [5.74, 6) is 0.725. The highest BCUT2D eigenvalue weighted by Gasteiger charge is 2.34. The van der Waals surface area contributed by atoms with Crippen molar-refractivity contribution in [3.05, 3.63) is 118 Å². The van der Waals surface area contributed by atoms with Crippen molar-refractivity contribution in [1.29, 1.82) is 0 Å². The van der Waals surface area contributed by atoms with Crippen LogP contribution in [0, 0.1) is 0 Å². The molecular weight excluding hydrogens is 684 g/mol. The van der Waals surface area contributed by atoms with Crippen molar-refractivity contribution in [2.45, 2.75) is 89.6 Å². The number of carboxylic acids is 1. The van der Waals surface area contributed by atoms with E-state index in [9.17, 15) is 14.7 Å². The van der Waals surface area contributed by atoms with Gasteiger partial charge in [-0.1, -0.05) is 79.6 Å². The highest BCUT2D eigenvalue weighted by atomic mass is 16.7. The zero-order valence-electron chi connectivity index (χ0n) is 31.3. The number of hydrogen-bond donors (Lipinski definition) is 3. The first-order chi connectivity index (χ1) is 26.3. The number of nitrogens with zero attached hydrogens (tertiary/aromatic N) is 1. The van der Waals surface area contributed by atoms with Crippen LogP contribution in [0.4, 0.5) is 0 Å². The summed E-state index contributed by atoms with van der Waals surface area (Å²) in [5.41, 5.74) is 8.50. The molecule has 1 amide bonds. The second-order valence-corrected chi connectivity index (χ2v) is 14.2. The summed E-state index contributed by atoms with van der Waals surface area (Å²) in [5, 5.41) is 21.4. The number of benzene rings is 4. The van der Waals surface area contributed by atoms with Gasteiger partial charge in [0, 0.05) is 51.0 Å². The number of fused-ring (bicyclic) bond motifs is 1. The molecule has 4 aromatic rings. The van der Waals surface area contributed by atoms with E-state index < -0.39 is 12.3 Å². The van der Waals surface area contributed by atoms with Gasteiger partial charge in [-0.15, -0.1) is 0 Å². The van der Waals surface area contributed by atoms with Crippen LogP contribution in [0.15, 0.2) is 84.9 Å². The fourth-order valence-electron chi connectivity index (χ4n) is 7.32. The van der Waals surface area contributed by atoms with Crippen molar-refractivity contribution < 1.29 is 38.7 Å². The number of amides is 1. The normalized spacial score (nSPS) is 18.5. The Kier molecular flexibility index (Phi) is 13.7. The number of nitrogens with one attached hydrogen (secondary N) is 1. The van der Waals surface area contributed by atoms with Gasteiger partial charge in [-0.2, -0.15) is 0 Å². The van der Waals surface area contributed by atoms with E-state index >= 15 is 0 Å². The second kappa shape index (κ2) is 19.0. The molecule has 286 valence electrons. The maximum absolute atomic E-state index is 12.4. The van der Waals surface area contributed by atoms with Gasteiger partial charge in [-0.3, -0.25) is 14.5 Å². The smallest absolute Gasteiger partial charge is 0.303 e. The molecule has 1 saturated heterocycles. The van der Waals surface area contributed by atoms with Gasteiger partial charge < -0.3 is 34.5 Å². The van der Waals surface area contributed by atoms with Crippen LogP contribution in [0.3, 0.4) is 0 Å². The number of methoxy groups -OCH3 is 2. The van der Waals surface area contributed by atoms with Crippen LogP contribution in [0.1, 0.15) is 90.7 Å². The lowest BCUT2D eigenvalue weighted by atomic mass is 9.96. The molecule has 0 bridgehead atoms. The summed E-state index contributed by atoms with van der Waals surface area (Å²) in [6, 6.07) is 28.6. The zero-order valence-corrected chi connectivity index (χ0v) is 31.3. The minimum Gasteiger partial charge on any atom is -0.493 e. The lowest BCUT2D eigenvalue weighted by Crippen LogP contribution is -2.41. The third kappa shape index (κ3) is 10.5. The number of aliphatic hydroxyl groups is 1. The number of ether oxygens (including phenoxy) is 4. The first-order valence-electron chi connectivity index (χ1n) is 19.0. The fraction of sp³-hybridized carbons (Fsp3) is 0.409. The quantitative estimate of drug-likeness (QED) is 0.0945. The van der Waals surface area contributed by atoms with Crippen LogP contribution in [0.2, 0.25) is 0 Å². The summed E-state index contributed by atoms with van der Waals surface area (Å²) >= 11 is 0. The van der Waals surface area contributed by atoms with E-state index in [-0.39, 0.29) is 31.1 Å². The third-order valence-electron chi connectivity index (χ3n) is 10.4. The molecule has 10 heteroatoms. The van der Waals surface area contributed by atoms with Gasteiger partial charge in [0.2, 0.25) is 5.91 Å². The second-order valence-electron chi connectivity index (χ2n) is 14.2. The van der Waals surface area contributed by atoms with Crippen molar-refractivity contribution in [2.75, 3.05) is 27.3 Å². The van der Waals surface area contributed by atoms with E-state index in [1.54, 1.807) is 14.2 Å².